The lowest BCUT2D eigenvalue weighted by Crippen LogP contribution is -2.15. The molecule has 0 bridgehead atoms. The van der Waals surface area contributed by atoms with Crippen LogP contribution >= 0.6 is 0 Å². The summed E-state index contributed by atoms with van der Waals surface area (Å²) in [6.45, 7) is 0.429. The number of benzene rings is 1. The molecule has 1 aromatic carbocycles. The van der Waals surface area contributed by atoms with E-state index in [4.69, 9.17) is 0 Å². The number of pyridine rings is 2. The van der Waals surface area contributed by atoms with Gasteiger partial charge in [0.1, 0.15) is 11.5 Å². The van der Waals surface area contributed by atoms with E-state index in [-0.39, 0.29) is 18.0 Å². The van der Waals surface area contributed by atoms with E-state index in [1.165, 1.54) is 6.07 Å². The van der Waals surface area contributed by atoms with Crippen molar-refractivity contribution in [1.29, 1.82) is 0 Å². The number of aromatic nitrogens is 3. The largest absolute Gasteiger partial charge is 0.325 e. The molecule has 4 rings (SSSR count). The SMILES string of the molecule is O=C(CCn1c(-c2ccncc2)cc2cccnc21)Nc1ccccc1F. The maximum absolute atomic E-state index is 13.7. The van der Waals surface area contributed by atoms with E-state index in [9.17, 15) is 9.18 Å². The van der Waals surface area contributed by atoms with E-state index in [0.29, 0.717) is 6.54 Å². The maximum Gasteiger partial charge on any atom is 0.226 e. The van der Waals surface area contributed by atoms with Gasteiger partial charge in [-0.05, 0) is 42.5 Å². The van der Waals surface area contributed by atoms with Crippen LogP contribution in [0.5, 0.6) is 0 Å². The van der Waals surface area contributed by atoms with Crippen LogP contribution < -0.4 is 5.32 Å². The van der Waals surface area contributed by atoms with Crippen molar-refractivity contribution in [3.8, 4) is 11.3 Å². The van der Waals surface area contributed by atoms with E-state index < -0.39 is 5.82 Å². The van der Waals surface area contributed by atoms with Crippen LogP contribution in [0.2, 0.25) is 0 Å². The first-order valence-electron chi connectivity index (χ1n) is 8.61. The summed E-state index contributed by atoms with van der Waals surface area (Å²) < 4.78 is 15.7. The predicted molar refractivity (Wildman–Crippen MR) is 103 cm³/mol. The van der Waals surface area contributed by atoms with Crippen LogP contribution in [-0.2, 0) is 11.3 Å². The van der Waals surface area contributed by atoms with Gasteiger partial charge in [0, 0.05) is 42.5 Å². The number of rotatable bonds is 5. The normalized spacial score (nSPS) is 10.9. The molecule has 0 fully saturated rings. The Labute approximate surface area is 155 Å². The summed E-state index contributed by atoms with van der Waals surface area (Å²) in [5.74, 6) is -0.699. The third-order valence-corrected chi connectivity index (χ3v) is 4.34. The molecule has 0 unspecified atom stereocenters. The molecule has 27 heavy (non-hydrogen) atoms. The second-order valence-electron chi connectivity index (χ2n) is 6.11. The number of nitrogens with one attached hydrogen (secondary N) is 1. The van der Waals surface area contributed by atoms with E-state index in [1.54, 1.807) is 36.8 Å². The monoisotopic (exact) mass is 360 g/mol. The lowest BCUT2D eigenvalue weighted by Gasteiger charge is -2.11. The minimum atomic E-state index is -0.448. The van der Waals surface area contributed by atoms with Crippen LogP contribution in [0, 0.1) is 5.82 Å². The molecule has 0 aliphatic rings. The highest BCUT2D eigenvalue weighted by atomic mass is 19.1. The Morgan fingerprint density at radius 1 is 1.04 bits per heavy atom. The molecule has 3 aromatic heterocycles. The highest BCUT2D eigenvalue weighted by molar-refractivity contribution is 5.91. The molecule has 5 nitrogen and oxygen atoms in total. The molecule has 0 atom stereocenters. The van der Waals surface area contributed by atoms with Gasteiger partial charge in [0.15, 0.2) is 0 Å². The highest BCUT2D eigenvalue weighted by Gasteiger charge is 2.13. The van der Waals surface area contributed by atoms with Gasteiger partial charge in [-0.2, -0.15) is 0 Å². The molecule has 0 saturated heterocycles. The Hall–Kier alpha value is -3.54. The second-order valence-corrected chi connectivity index (χ2v) is 6.11. The number of aryl methyl sites for hydroxylation is 1. The molecule has 3 heterocycles. The van der Waals surface area contributed by atoms with Crippen molar-refractivity contribution in [3.05, 3.63) is 79.0 Å². The summed E-state index contributed by atoms with van der Waals surface area (Å²) in [5.41, 5.74) is 2.96. The quantitative estimate of drug-likeness (QED) is 0.578. The lowest BCUT2D eigenvalue weighted by molar-refractivity contribution is -0.116. The van der Waals surface area contributed by atoms with E-state index in [0.717, 1.165) is 22.3 Å². The summed E-state index contributed by atoms with van der Waals surface area (Å²) in [5, 5.41) is 3.62. The van der Waals surface area contributed by atoms with Crippen molar-refractivity contribution in [2.24, 2.45) is 0 Å². The minimum Gasteiger partial charge on any atom is -0.325 e. The molecule has 0 aliphatic carbocycles. The maximum atomic E-state index is 13.7. The Bertz CT molecular complexity index is 1090. The molecule has 1 N–H and O–H groups in total. The average Bonchev–Trinajstić information content (AvgIpc) is 3.07. The minimum absolute atomic E-state index is 0.187. The summed E-state index contributed by atoms with van der Waals surface area (Å²) in [6.07, 6.45) is 5.40. The van der Waals surface area contributed by atoms with Crippen molar-refractivity contribution >= 4 is 22.6 Å². The molecule has 0 radical (unpaired) electrons. The van der Waals surface area contributed by atoms with Crippen LogP contribution in [0.3, 0.4) is 0 Å². The summed E-state index contributed by atoms with van der Waals surface area (Å²) in [6, 6.07) is 15.9. The fourth-order valence-corrected chi connectivity index (χ4v) is 3.06. The fraction of sp³-hybridized carbons (Fsp3) is 0.0952. The molecular formula is C21H17FN4O. The number of hydrogen-bond acceptors (Lipinski definition) is 3. The number of nitrogens with zero attached hydrogens (tertiary/aromatic N) is 3. The van der Waals surface area contributed by atoms with Gasteiger partial charge in [0.2, 0.25) is 5.91 Å². The number of hydrogen-bond donors (Lipinski definition) is 1. The first-order valence-corrected chi connectivity index (χ1v) is 8.61. The van der Waals surface area contributed by atoms with E-state index in [1.807, 2.05) is 34.9 Å². The zero-order chi connectivity index (χ0) is 18.6. The second kappa shape index (κ2) is 7.37. The van der Waals surface area contributed by atoms with Crippen molar-refractivity contribution in [3.63, 3.8) is 0 Å². The fourth-order valence-electron chi connectivity index (χ4n) is 3.06. The molecule has 1 amide bonds. The first-order chi connectivity index (χ1) is 13.2. The standard InChI is InChI=1S/C21H17FN4O/c22-17-5-1-2-6-18(17)25-20(27)9-13-26-19(15-7-11-23-12-8-15)14-16-4-3-10-24-21(16)26/h1-8,10-12,14H,9,13H2,(H,25,27). The van der Waals surface area contributed by atoms with Crippen LogP contribution in [0.15, 0.2) is 73.2 Å². The van der Waals surface area contributed by atoms with Crippen LogP contribution in [0.1, 0.15) is 6.42 Å². The van der Waals surface area contributed by atoms with Gasteiger partial charge in [0.25, 0.3) is 0 Å². The lowest BCUT2D eigenvalue weighted by atomic mass is 10.2. The van der Waals surface area contributed by atoms with Crippen molar-refractivity contribution < 1.29 is 9.18 Å². The molecule has 134 valence electrons. The third kappa shape index (κ3) is 3.55. The van der Waals surface area contributed by atoms with Crippen LogP contribution in [0.25, 0.3) is 22.3 Å². The van der Waals surface area contributed by atoms with Crippen LogP contribution in [-0.4, -0.2) is 20.4 Å². The Kier molecular flexibility index (Phi) is 4.61. The average molecular weight is 360 g/mol. The highest BCUT2D eigenvalue weighted by Crippen LogP contribution is 2.27. The van der Waals surface area contributed by atoms with Gasteiger partial charge in [-0.1, -0.05) is 12.1 Å². The number of carbonyl (C=O) groups excluding carboxylic acids is 1. The molecule has 0 saturated carbocycles. The number of halogens is 1. The zero-order valence-electron chi connectivity index (χ0n) is 14.5. The van der Waals surface area contributed by atoms with Crippen molar-refractivity contribution in [2.45, 2.75) is 13.0 Å². The summed E-state index contributed by atoms with van der Waals surface area (Å²) >= 11 is 0. The topological polar surface area (TPSA) is 59.8 Å². The smallest absolute Gasteiger partial charge is 0.226 e. The third-order valence-electron chi connectivity index (χ3n) is 4.34. The number of para-hydroxylation sites is 1. The molecule has 0 aliphatic heterocycles. The van der Waals surface area contributed by atoms with Gasteiger partial charge >= 0.3 is 0 Å². The van der Waals surface area contributed by atoms with E-state index >= 15 is 0 Å². The molecule has 4 aromatic rings. The number of carbonyl (C=O) groups is 1. The number of amides is 1. The van der Waals surface area contributed by atoms with E-state index in [2.05, 4.69) is 15.3 Å². The Balaban J connectivity index is 1.60. The first kappa shape index (κ1) is 16.9. The van der Waals surface area contributed by atoms with Crippen molar-refractivity contribution in [1.82, 2.24) is 14.5 Å². The molecule has 6 heteroatoms. The van der Waals surface area contributed by atoms with Crippen molar-refractivity contribution in [2.75, 3.05) is 5.32 Å². The number of anilines is 1. The predicted octanol–water partition coefficient (Wildman–Crippen LogP) is 4.27. The van der Waals surface area contributed by atoms with Gasteiger partial charge in [-0.3, -0.25) is 9.78 Å². The Morgan fingerprint density at radius 2 is 1.85 bits per heavy atom. The summed E-state index contributed by atoms with van der Waals surface area (Å²) in [7, 11) is 0. The zero-order valence-corrected chi connectivity index (χ0v) is 14.5. The number of fused-ring (bicyclic) bond motifs is 1. The summed E-state index contributed by atoms with van der Waals surface area (Å²) in [4.78, 5) is 20.8. The van der Waals surface area contributed by atoms with Gasteiger partial charge < -0.3 is 9.88 Å². The van der Waals surface area contributed by atoms with Gasteiger partial charge in [-0.25, -0.2) is 9.37 Å². The molecular weight excluding hydrogens is 343 g/mol. The Morgan fingerprint density at radius 3 is 2.67 bits per heavy atom. The van der Waals surface area contributed by atoms with Gasteiger partial charge in [-0.15, -0.1) is 0 Å². The molecule has 0 spiro atoms. The van der Waals surface area contributed by atoms with Crippen LogP contribution in [0.4, 0.5) is 10.1 Å². The van der Waals surface area contributed by atoms with Gasteiger partial charge in [0.05, 0.1) is 11.4 Å².